The molecule has 0 saturated heterocycles. The Morgan fingerprint density at radius 1 is 0.474 bits per heavy atom. The lowest BCUT2D eigenvalue weighted by molar-refractivity contribution is 1.45. The molecule has 0 N–H and O–H groups in total. The van der Waals surface area contributed by atoms with Crippen molar-refractivity contribution in [3.8, 4) is 22.3 Å². The van der Waals surface area contributed by atoms with Gasteiger partial charge in [-0.05, 0) is 28.3 Å². The second-order valence-corrected chi connectivity index (χ2v) is 4.91. The molecule has 0 atom stereocenters. The molecule has 0 aliphatic rings. The van der Waals surface area contributed by atoms with E-state index in [1.807, 2.05) is 18.2 Å². The zero-order chi connectivity index (χ0) is 13.1. The maximum absolute atomic E-state index is 4.57. The molecule has 92 valence electrons. The van der Waals surface area contributed by atoms with Crippen molar-refractivity contribution in [2.24, 2.45) is 0 Å². The van der Waals surface area contributed by atoms with E-state index in [9.17, 15) is 0 Å². The smallest absolute Gasteiger partial charge is 0.0119 e. The lowest BCUT2D eigenvalue weighted by atomic mass is 9.95. The molecule has 0 bridgehead atoms. The first-order valence-corrected chi connectivity index (χ1v) is 6.74. The van der Waals surface area contributed by atoms with Gasteiger partial charge in [0.25, 0.3) is 0 Å². The van der Waals surface area contributed by atoms with E-state index >= 15 is 0 Å². The Bertz CT molecular complexity index is 687. The topological polar surface area (TPSA) is 0 Å². The van der Waals surface area contributed by atoms with E-state index in [0.29, 0.717) is 0 Å². The largest absolute Gasteiger partial charge is 0.143 e. The summed E-state index contributed by atoms with van der Waals surface area (Å²) < 4.78 is 0. The molecule has 0 aromatic heterocycles. The number of hydrogen-bond acceptors (Lipinski definition) is 1. The summed E-state index contributed by atoms with van der Waals surface area (Å²) in [6.45, 7) is 0. The van der Waals surface area contributed by atoms with Gasteiger partial charge in [-0.1, -0.05) is 72.8 Å². The van der Waals surface area contributed by atoms with Crippen molar-refractivity contribution >= 4 is 12.6 Å². The van der Waals surface area contributed by atoms with Gasteiger partial charge in [0, 0.05) is 4.90 Å². The minimum absolute atomic E-state index is 1.01. The summed E-state index contributed by atoms with van der Waals surface area (Å²) in [6, 6.07) is 27.1. The van der Waals surface area contributed by atoms with Crippen LogP contribution in [0.4, 0.5) is 0 Å². The molecular weight excluding hydrogens is 248 g/mol. The van der Waals surface area contributed by atoms with E-state index in [0.717, 1.165) is 4.90 Å². The van der Waals surface area contributed by atoms with Crippen molar-refractivity contribution in [3.63, 3.8) is 0 Å². The Morgan fingerprint density at radius 2 is 1.00 bits per heavy atom. The maximum atomic E-state index is 4.57. The minimum atomic E-state index is 1.01. The highest BCUT2D eigenvalue weighted by Gasteiger charge is 2.08. The Balaban J connectivity index is 2.21. The second kappa shape index (κ2) is 5.33. The van der Waals surface area contributed by atoms with Crippen LogP contribution in [-0.2, 0) is 0 Å². The molecule has 0 amide bonds. The Hall–Kier alpha value is -1.99. The summed E-state index contributed by atoms with van der Waals surface area (Å²) in [7, 11) is 0. The van der Waals surface area contributed by atoms with Crippen molar-refractivity contribution in [2.75, 3.05) is 0 Å². The normalized spacial score (nSPS) is 10.4. The fraction of sp³-hybridized carbons (Fsp3) is 0. The SMILES string of the molecule is Sc1ccccc1-c1ccccc1-c1ccccc1. The predicted octanol–water partition coefficient (Wildman–Crippen LogP) is 5.31. The fourth-order valence-electron chi connectivity index (χ4n) is 2.29. The van der Waals surface area contributed by atoms with Crippen molar-refractivity contribution in [1.29, 1.82) is 0 Å². The fourth-order valence-corrected chi connectivity index (χ4v) is 2.57. The van der Waals surface area contributed by atoms with Gasteiger partial charge in [0.15, 0.2) is 0 Å². The summed E-state index contributed by atoms with van der Waals surface area (Å²) in [4.78, 5) is 1.01. The van der Waals surface area contributed by atoms with Gasteiger partial charge in [-0.2, -0.15) is 0 Å². The van der Waals surface area contributed by atoms with Crippen LogP contribution in [0.1, 0.15) is 0 Å². The van der Waals surface area contributed by atoms with Gasteiger partial charge < -0.3 is 0 Å². The third-order valence-electron chi connectivity index (χ3n) is 3.21. The average Bonchev–Trinajstić information content (AvgIpc) is 2.49. The van der Waals surface area contributed by atoms with E-state index in [2.05, 4.69) is 73.3 Å². The Morgan fingerprint density at radius 3 is 1.68 bits per heavy atom. The summed E-state index contributed by atoms with van der Waals surface area (Å²) in [5, 5.41) is 0. The third-order valence-corrected chi connectivity index (χ3v) is 3.60. The lowest BCUT2D eigenvalue weighted by Gasteiger charge is -2.11. The molecule has 3 rings (SSSR count). The molecule has 0 aliphatic carbocycles. The molecule has 0 fully saturated rings. The van der Waals surface area contributed by atoms with Gasteiger partial charge in [-0.25, -0.2) is 0 Å². The van der Waals surface area contributed by atoms with Crippen molar-refractivity contribution in [3.05, 3.63) is 78.9 Å². The molecule has 0 unspecified atom stereocenters. The van der Waals surface area contributed by atoms with Crippen LogP contribution in [0, 0.1) is 0 Å². The molecule has 0 heterocycles. The van der Waals surface area contributed by atoms with Crippen LogP contribution in [0.25, 0.3) is 22.3 Å². The van der Waals surface area contributed by atoms with E-state index in [1.165, 1.54) is 22.3 Å². The van der Waals surface area contributed by atoms with Crippen LogP contribution in [0.2, 0.25) is 0 Å². The van der Waals surface area contributed by atoms with E-state index in [-0.39, 0.29) is 0 Å². The van der Waals surface area contributed by atoms with Gasteiger partial charge in [0.2, 0.25) is 0 Å². The van der Waals surface area contributed by atoms with E-state index in [4.69, 9.17) is 0 Å². The molecule has 0 saturated carbocycles. The number of rotatable bonds is 2. The van der Waals surface area contributed by atoms with E-state index < -0.39 is 0 Å². The standard InChI is InChI=1S/C18H14S/c19-18-13-7-6-12-17(18)16-11-5-4-10-15(16)14-8-2-1-3-9-14/h1-13,19H. The van der Waals surface area contributed by atoms with Crippen molar-refractivity contribution in [1.82, 2.24) is 0 Å². The number of benzene rings is 3. The Labute approximate surface area is 119 Å². The van der Waals surface area contributed by atoms with Crippen LogP contribution in [0.3, 0.4) is 0 Å². The summed E-state index contributed by atoms with van der Waals surface area (Å²) in [5.74, 6) is 0. The molecule has 3 aromatic rings. The molecule has 19 heavy (non-hydrogen) atoms. The van der Waals surface area contributed by atoms with Crippen LogP contribution in [0.5, 0.6) is 0 Å². The zero-order valence-corrected chi connectivity index (χ0v) is 11.3. The van der Waals surface area contributed by atoms with Gasteiger partial charge in [-0.3, -0.25) is 0 Å². The zero-order valence-electron chi connectivity index (χ0n) is 10.5. The first kappa shape index (κ1) is 12.1. The molecule has 3 aromatic carbocycles. The van der Waals surface area contributed by atoms with Gasteiger partial charge in [0.05, 0.1) is 0 Å². The summed E-state index contributed by atoms with van der Waals surface area (Å²) in [6.07, 6.45) is 0. The quantitative estimate of drug-likeness (QED) is 0.594. The lowest BCUT2D eigenvalue weighted by Crippen LogP contribution is -1.85. The molecule has 0 radical (unpaired) electrons. The highest BCUT2D eigenvalue weighted by Crippen LogP contribution is 2.34. The van der Waals surface area contributed by atoms with Crippen LogP contribution >= 0.6 is 12.6 Å². The van der Waals surface area contributed by atoms with Gasteiger partial charge in [0.1, 0.15) is 0 Å². The maximum Gasteiger partial charge on any atom is 0.0119 e. The van der Waals surface area contributed by atoms with E-state index in [1.54, 1.807) is 0 Å². The van der Waals surface area contributed by atoms with Gasteiger partial charge >= 0.3 is 0 Å². The average molecular weight is 262 g/mol. The Kier molecular flexibility index (Phi) is 3.39. The van der Waals surface area contributed by atoms with Crippen LogP contribution < -0.4 is 0 Å². The molecule has 0 aliphatic heterocycles. The van der Waals surface area contributed by atoms with Crippen LogP contribution in [-0.4, -0.2) is 0 Å². The predicted molar refractivity (Wildman–Crippen MR) is 84.6 cm³/mol. The first-order valence-electron chi connectivity index (χ1n) is 6.29. The van der Waals surface area contributed by atoms with Crippen LogP contribution in [0.15, 0.2) is 83.8 Å². The summed E-state index contributed by atoms with van der Waals surface area (Å²) in [5.41, 5.74) is 4.86. The third kappa shape index (κ3) is 2.42. The number of thiol groups is 1. The highest BCUT2D eigenvalue weighted by molar-refractivity contribution is 7.80. The highest BCUT2D eigenvalue weighted by atomic mass is 32.1. The van der Waals surface area contributed by atoms with Crippen molar-refractivity contribution in [2.45, 2.75) is 4.90 Å². The molecule has 0 nitrogen and oxygen atoms in total. The van der Waals surface area contributed by atoms with Crippen molar-refractivity contribution < 1.29 is 0 Å². The molecule has 1 heteroatoms. The van der Waals surface area contributed by atoms with Gasteiger partial charge in [-0.15, -0.1) is 12.6 Å². The first-order chi connectivity index (χ1) is 9.36. The monoisotopic (exact) mass is 262 g/mol. The summed E-state index contributed by atoms with van der Waals surface area (Å²) >= 11 is 4.57. The number of hydrogen-bond donors (Lipinski definition) is 1. The molecule has 0 spiro atoms. The minimum Gasteiger partial charge on any atom is -0.143 e. The molecular formula is C18H14S. The second-order valence-electron chi connectivity index (χ2n) is 4.43.